The summed E-state index contributed by atoms with van der Waals surface area (Å²) in [6.45, 7) is 2.02. The first-order valence-corrected chi connectivity index (χ1v) is 13.6. The van der Waals surface area contributed by atoms with Crippen molar-refractivity contribution in [3.63, 3.8) is 0 Å². The molecule has 1 fully saturated rings. The lowest BCUT2D eigenvalue weighted by Crippen LogP contribution is -2.51. The molecule has 0 N–H and O–H groups in total. The molecule has 7 nitrogen and oxygen atoms in total. The molecule has 196 valence electrons. The minimum Gasteiger partial charge on any atom is -0.342 e. The fourth-order valence-electron chi connectivity index (χ4n) is 5.17. The maximum Gasteiger partial charge on any atom is 0.416 e. The molecule has 11 heteroatoms. The predicted octanol–water partition coefficient (Wildman–Crippen LogP) is 4.20. The molecule has 0 saturated carbocycles. The van der Waals surface area contributed by atoms with Gasteiger partial charge in [-0.1, -0.05) is 12.5 Å². The van der Waals surface area contributed by atoms with Crippen LogP contribution in [0.25, 0.3) is 11.3 Å². The SMILES string of the molecule is O=C(CN1CCn2c(ccc2-c2cccnc2)C1)C1CCCCN1S(=O)(=O)c1cccc(C(F)(F)F)c1. The predicted molar refractivity (Wildman–Crippen MR) is 131 cm³/mol. The number of benzene rings is 1. The van der Waals surface area contributed by atoms with E-state index in [2.05, 4.69) is 9.55 Å². The van der Waals surface area contributed by atoms with Gasteiger partial charge in [0.15, 0.2) is 5.78 Å². The van der Waals surface area contributed by atoms with E-state index in [1.807, 2.05) is 29.2 Å². The molecule has 1 unspecified atom stereocenters. The van der Waals surface area contributed by atoms with Gasteiger partial charge in [-0.3, -0.25) is 14.7 Å². The molecule has 0 spiro atoms. The number of piperidine rings is 1. The fourth-order valence-corrected chi connectivity index (χ4v) is 6.90. The first-order chi connectivity index (χ1) is 17.6. The van der Waals surface area contributed by atoms with Gasteiger partial charge in [-0.25, -0.2) is 8.42 Å². The number of pyridine rings is 1. The van der Waals surface area contributed by atoms with E-state index in [1.54, 1.807) is 12.4 Å². The molecule has 0 amide bonds. The third-order valence-corrected chi connectivity index (χ3v) is 8.93. The summed E-state index contributed by atoms with van der Waals surface area (Å²) in [7, 11) is -4.27. The molecule has 2 aliphatic heterocycles. The summed E-state index contributed by atoms with van der Waals surface area (Å²) in [6, 6.07) is 10.7. The molecule has 0 radical (unpaired) electrons. The number of nitrogens with zero attached hydrogens (tertiary/aromatic N) is 4. The van der Waals surface area contributed by atoms with Crippen LogP contribution < -0.4 is 0 Å². The standard InChI is InChI=1S/C26H27F3N4O3S/c27-26(28,29)20-6-3-7-22(15-20)37(35,36)33-12-2-1-8-24(33)25(34)18-31-13-14-32-21(17-31)9-10-23(32)19-5-4-11-30-16-19/h3-7,9-11,15-16,24H,1-2,8,12-14,17-18H2. The van der Waals surface area contributed by atoms with E-state index >= 15 is 0 Å². The molecule has 1 atom stereocenters. The number of fused-ring (bicyclic) bond motifs is 1. The van der Waals surface area contributed by atoms with Crippen LogP contribution in [0.1, 0.15) is 30.5 Å². The van der Waals surface area contributed by atoms with Crippen LogP contribution in [0.5, 0.6) is 0 Å². The maximum atomic E-state index is 13.4. The minimum absolute atomic E-state index is 0.0761. The molecular formula is C26H27F3N4O3S. The number of hydrogen-bond donors (Lipinski definition) is 0. The highest BCUT2D eigenvalue weighted by Gasteiger charge is 2.39. The molecule has 4 heterocycles. The third kappa shape index (κ3) is 5.21. The van der Waals surface area contributed by atoms with Crippen molar-refractivity contribution in [2.75, 3.05) is 19.6 Å². The van der Waals surface area contributed by atoms with E-state index in [-0.39, 0.29) is 18.9 Å². The summed E-state index contributed by atoms with van der Waals surface area (Å²) in [5.74, 6) is -0.234. The summed E-state index contributed by atoms with van der Waals surface area (Å²) < 4.78 is 69.6. The molecular weight excluding hydrogens is 505 g/mol. The lowest BCUT2D eigenvalue weighted by Gasteiger charge is -2.36. The van der Waals surface area contributed by atoms with E-state index in [9.17, 15) is 26.4 Å². The Morgan fingerprint density at radius 3 is 2.62 bits per heavy atom. The number of carbonyl (C=O) groups is 1. The highest BCUT2D eigenvalue weighted by Crippen LogP contribution is 2.33. The number of halogens is 3. The molecule has 1 aromatic carbocycles. The van der Waals surface area contributed by atoms with Crippen molar-refractivity contribution < 1.29 is 26.4 Å². The molecule has 0 aliphatic carbocycles. The quantitative estimate of drug-likeness (QED) is 0.476. The first kappa shape index (κ1) is 25.6. The summed E-state index contributed by atoms with van der Waals surface area (Å²) >= 11 is 0. The Labute approximate surface area is 213 Å². The fraction of sp³-hybridized carbons (Fsp3) is 0.385. The number of rotatable bonds is 6. The van der Waals surface area contributed by atoms with Gasteiger partial charge in [-0.05, 0) is 55.3 Å². The zero-order chi connectivity index (χ0) is 26.2. The van der Waals surface area contributed by atoms with Crippen molar-refractivity contribution in [1.29, 1.82) is 0 Å². The summed E-state index contributed by atoms with van der Waals surface area (Å²) in [5, 5.41) is 0. The number of carbonyl (C=O) groups excluding carboxylic acids is 1. The van der Waals surface area contributed by atoms with E-state index in [1.165, 1.54) is 0 Å². The molecule has 3 aromatic rings. The minimum atomic E-state index is -4.66. The number of alkyl halides is 3. The van der Waals surface area contributed by atoms with Crippen molar-refractivity contribution in [2.45, 2.75) is 49.5 Å². The van der Waals surface area contributed by atoms with Crippen LogP contribution >= 0.6 is 0 Å². The van der Waals surface area contributed by atoms with Crippen molar-refractivity contribution in [3.05, 3.63) is 72.2 Å². The summed E-state index contributed by atoms with van der Waals surface area (Å²) in [6.07, 6.45) is 0.455. The van der Waals surface area contributed by atoms with Crippen LogP contribution in [0.2, 0.25) is 0 Å². The molecule has 5 rings (SSSR count). The Bertz CT molecular complexity index is 1390. The number of ketones is 1. The van der Waals surface area contributed by atoms with Gasteiger partial charge in [0.1, 0.15) is 0 Å². The molecule has 2 aliphatic rings. The van der Waals surface area contributed by atoms with Crippen LogP contribution in [0.15, 0.2) is 65.8 Å². The Kier molecular flexibility index (Phi) is 6.95. The molecule has 1 saturated heterocycles. The van der Waals surface area contributed by atoms with Gasteiger partial charge in [-0.2, -0.15) is 17.5 Å². The lowest BCUT2D eigenvalue weighted by molar-refractivity contribution is -0.137. The number of hydrogen-bond acceptors (Lipinski definition) is 5. The van der Waals surface area contributed by atoms with E-state index in [0.717, 1.165) is 39.5 Å². The third-order valence-electron chi connectivity index (χ3n) is 7.03. The first-order valence-electron chi connectivity index (χ1n) is 12.2. The van der Waals surface area contributed by atoms with Crippen LogP contribution in [0.4, 0.5) is 13.2 Å². The number of aromatic nitrogens is 2. The smallest absolute Gasteiger partial charge is 0.342 e. The van der Waals surface area contributed by atoms with Gasteiger partial charge in [0.2, 0.25) is 10.0 Å². The van der Waals surface area contributed by atoms with Crippen LogP contribution in [-0.2, 0) is 34.1 Å². The maximum absolute atomic E-state index is 13.4. The Hall–Kier alpha value is -3.02. The Morgan fingerprint density at radius 1 is 1.03 bits per heavy atom. The van der Waals surface area contributed by atoms with E-state index in [4.69, 9.17) is 0 Å². The largest absolute Gasteiger partial charge is 0.416 e. The van der Waals surface area contributed by atoms with Crippen LogP contribution in [-0.4, -0.2) is 58.6 Å². The van der Waals surface area contributed by atoms with Crippen molar-refractivity contribution in [2.24, 2.45) is 0 Å². The van der Waals surface area contributed by atoms with Crippen molar-refractivity contribution >= 4 is 15.8 Å². The highest BCUT2D eigenvalue weighted by molar-refractivity contribution is 7.89. The Balaban J connectivity index is 1.32. The van der Waals surface area contributed by atoms with Gasteiger partial charge in [0.05, 0.1) is 23.0 Å². The summed E-state index contributed by atoms with van der Waals surface area (Å²) in [4.78, 5) is 19.1. The molecule has 0 bridgehead atoms. The molecule has 2 aromatic heterocycles. The van der Waals surface area contributed by atoms with Gasteiger partial charge in [-0.15, -0.1) is 0 Å². The number of Topliss-reactive ketones (excluding diaryl/α,β-unsaturated/α-hetero) is 1. The van der Waals surface area contributed by atoms with E-state index < -0.39 is 32.7 Å². The Morgan fingerprint density at radius 2 is 1.86 bits per heavy atom. The zero-order valence-electron chi connectivity index (χ0n) is 20.1. The normalized spacial score (nSPS) is 19.5. The average molecular weight is 533 g/mol. The molecule has 37 heavy (non-hydrogen) atoms. The van der Waals surface area contributed by atoms with Crippen LogP contribution in [0.3, 0.4) is 0 Å². The van der Waals surface area contributed by atoms with Crippen molar-refractivity contribution in [3.8, 4) is 11.3 Å². The summed E-state index contributed by atoms with van der Waals surface area (Å²) in [5.41, 5.74) is 2.08. The monoisotopic (exact) mass is 532 g/mol. The lowest BCUT2D eigenvalue weighted by atomic mass is 10.0. The van der Waals surface area contributed by atoms with E-state index in [0.29, 0.717) is 45.0 Å². The second kappa shape index (κ2) is 10.0. The van der Waals surface area contributed by atoms with Gasteiger partial charge < -0.3 is 4.57 Å². The second-order valence-corrected chi connectivity index (χ2v) is 11.3. The topological polar surface area (TPSA) is 75.5 Å². The van der Waals surface area contributed by atoms with Crippen molar-refractivity contribution in [1.82, 2.24) is 18.8 Å². The van der Waals surface area contributed by atoms with Gasteiger partial charge >= 0.3 is 6.18 Å². The zero-order valence-corrected chi connectivity index (χ0v) is 20.9. The van der Waals surface area contributed by atoms with Gasteiger partial charge in [0, 0.05) is 55.5 Å². The van der Waals surface area contributed by atoms with Gasteiger partial charge in [0.25, 0.3) is 0 Å². The number of sulfonamides is 1. The second-order valence-electron chi connectivity index (χ2n) is 9.43. The average Bonchev–Trinajstić information content (AvgIpc) is 3.32. The highest BCUT2D eigenvalue weighted by atomic mass is 32.2. The van der Waals surface area contributed by atoms with Crippen LogP contribution in [0, 0.1) is 0 Å².